The molecule has 2 amide bonds. The van der Waals surface area contributed by atoms with Crippen LogP contribution in [0.5, 0.6) is 0 Å². The summed E-state index contributed by atoms with van der Waals surface area (Å²) < 4.78 is 0. The summed E-state index contributed by atoms with van der Waals surface area (Å²) in [6.07, 6.45) is 1.69. The number of aromatic nitrogens is 5. The minimum absolute atomic E-state index is 0.179. The predicted octanol–water partition coefficient (Wildman–Crippen LogP) is 3.63. The molecule has 5 rings (SSSR count). The number of benzene rings is 2. The smallest absolute Gasteiger partial charge is 0.256 e. The van der Waals surface area contributed by atoms with Crippen LogP contribution in [0.1, 0.15) is 20.7 Å². The normalized spacial score (nSPS) is 10.8. The van der Waals surface area contributed by atoms with Crippen LogP contribution in [0.15, 0.2) is 72.9 Å². The third kappa shape index (κ3) is 3.94. The van der Waals surface area contributed by atoms with Crippen molar-refractivity contribution in [3.05, 3.63) is 84.1 Å². The molecule has 0 aliphatic rings. The highest BCUT2D eigenvalue weighted by atomic mass is 16.2. The molecule has 0 fully saturated rings. The molecular weight excluding hydrogens is 418 g/mol. The summed E-state index contributed by atoms with van der Waals surface area (Å²) in [6.45, 7) is 0. The van der Waals surface area contributed by atoms with Gasteiger partial charge in [0.25, 0.3) is 11.8 Å². The molecule has 4 N–H and O–H groups in total. The molecule has 0 aliphatic carbocycles. The number of fused-ring (bicyclic) bond motifs is 1. The molecule has 162 valence electrons. The first kappa shape index (κ1) is 20.1. The van der Waals surface area contributed by atoms with Crippen LogP contribution in [-0.2, 0) is 0 Å². The second-order valence-corrected chi connectivity index (χ2v) is 7.33. The van der Waals surface area contributed by atoms with Crippen LogP contribution >= 0.6 is 0 Å². The van der Waals surface area contributed by atoms with Crippen molar-refractivity contribution in [2.45, 2.75) is 0 Å². The van der Waals surface area contributed by atoms with E-state index in [4.69, 9.17) is 0 Å². The molecular formula is C24H19N7O2. The number of nitrogens with one attached hydrogen (secondary N) is 4. The Labute approximate surface area is 188 Å². The van der Waals surface area contributed by atoms with Gasteiger partial charge in [0.1, 0.15) is 0 Å². The Morgan fingerprint density at radius 3 is 2.55 bits per heavy atom. The lowest BCUT2D eigenvalue weighted by molar-refractivity contribution is 0.0962. The third-order valence-corrected chi connectivity index (χ3v) is 5.21. The van der Waals surface area contributed by atoms with Gasteiger partial charge in [-0.25, -0.2) is 0 Å². The van der Waals surface area contributed by atoms with Crippen LogP contribution in [0.25, 0.3) is 33.5 Å². The quantitative estimate of drug-likeness (QED) is 0.334. The molecule has 0 bridgehead atoms. The Kier molecular flexibility index (Phi) is 5.12. The molecule has 5 aromatic rings. The molecule has 0 atom stereocenters. The third-order valence-electron chi connectivity index (χ3n) is 5.21. The molecule has 0 spiro atoms. The first-order valence-corrected chi connectivity index (χ1v) is 10.2. The molecule has 33 heavy (non-hydrogen) atoms. The molecule has 0 saturated carbocycles. The first-order valence-electron chi connectivity index (χ1n) is 10.2. The van der Waals surface area contributed by atoms with Crippen molar-refractivity contribution in [3.8, 4) is 22.6 Å². The minimum Gasteiger partial charge on any atom is -0.355 e. The van der Waals surface area contributed by atoms with Gasteiger partial charge < -0.3 is 10.6 Å². The van der Waals surface area contributed by atoms with Crippen molar-refractivity contribution < 1.29 is 9.59 Å². The van der Waals surface area contributed by atoms with Gasteiger partial charge in [-0.15, -0.1) is 0 Å². The zero-order valence-corrected chi connectivity index (χ0v) is 17.6. The van der Waals surface area contributed by atoms with Crippen molar-refractivity contribution in [2.75, 3.05) is 12.4 Å². The maximum Gasteiger partial charge on any atom is 0.256 e. The highest BCUT2D eigenvalue weighted by Gasteiger charge is 2.15. The van der Waals surface area contributed by atoms with Crippen molar-refractivity contribution >= 4 is 28.5 Å². The number of aromatic amines is 2. The zero-order valence-electron chi connectivity index (χ0n) is 17.6. The van der Waals surface area contributed by atoms with Crippen LogP contribution in [0.2, 0.25) is 0 Å². The van der Waals surface area contributed by atoms with E-state index in [1.807, 2.05) is 30.3 Å². The molecule has 0 unspecified atom stereocenters. The van der Waals surface area contributed by atoms with Crippen molar-refractivity contribution in [2.24, 2.45) is 0 Å². The van der Waals surface area contributed by atoms with Crippen LogP contribution in [-0.4, -0.2) is 44.2 Å². The van der Waals surface area contributed by atoms with E-state index >= 15 is 0 Å². The molecule has 3 heterocycles. The fraction of sp³-hybridized carbons (Fsp3) is 0.0417. The van der Waals surface area contributed by atoms with Crippen LogP contribution in [0.3, 0.4) is 0 Å². The number of anilines is 1. The summed E-state index contributed by atoms with van der Waals surface area (Å²) in [6, 6.07) is 19.7. The van der Waals surface area contributed by atoms with E-state index in [9.17, 15) is 9.59 Å². The Bertz CT molecular complexity index is 1470. The largest absolute Gasteiger partial charge is 0.355 e. The number of H-pyrrole nitrogens is 2. The van der Waals surface area contributed by atoms with Gasteiger partial charge in [0.2, 0.25) is 0 Å². The summed E-state index contributed by atoms with van der Waals surface area (Å²) >= 11 is 0. The van der Waals surface area contributed by atoms with E-state index in [1.165, 1.54) is 0 Å². The van der Waals surface area contributed by atoms with Crippen LogP contribution < -0.4 is 10.6 Å². The monoisotopic (exact) mass is 437 g/mol. The maximum atomic E-state index is 12.9. The van der Waals surface area contributed by atoms with E-state index in [0.717, 1.165) is 22.2 Å². The fourth-order valence-electron chi connectivity index (χ4n) is 3.55. The van der Waals surface area contributed by atoms with Crippen LogP contribution in [0.4, 0.5) is 5.82 Å². The number of hydrogen-bond acceptors (Lipinski definition) is 5. The lowest BCUT2D eigenvalue weighted by Crippen LogP contribution is -2.17. The molecule has 0 aliphatic heterocycles. The van der Waals surface area contributed by atoms with Gasteiger partial charge in [-0.2, -0.15) is 10.2 Å². The minimum atomic E-state index is -0.304. The number of pyridine rings is 1. The van der Waals surface area contributed by atoms with Gasteiger partial charge in [-0.3, -0.25) is 24.8 Å². The Balaban J connectivity index is 1.41. The topological polar surface area (TPSA) is 128 Å². The Morgan fingerprint density at radius 1 is 0.848 bits per heavy atom. The van der Waals surface area contributed by atoms with Crippen molar-refractivity contribution in [3.63, 3.8) is 0 Å². The Hall–Kier alpha value is -4.79. The number of carbonyl (C=O) groups excluding carboxylic acids is 2. The van der Waals surface area contributed by atoms with Gasteiger partial charge >= 0.3 is 0 Å². The van der Waals surface area contributed by atoms with Gasteiger partial charge in [0.05, 0.1) is 22.6 Å². The van der Waals surface area contributed by atoms with Crippen LogP contribution in [0, 0.1) is 0 Å². The molecule has 0 radical (unpaired) electrons. The van der Waals surface area contributed by atoms with Gasteiger partial charge in [0.15, 0.2) is 5.82 Å². The predicted molar refractivity (Wildman–Crippen MR) is 125 cm³/mol. The lowest BCUT2D eigenvalue weighted by Gasteiger charge is -2.05. The standard InChI is InChI=1S/C24H19N7O2/c1-25-23(32)16-8-9-18-17(12-16)22(31-28-18)14-5-4-6-15(11-14)24(33)27-21-13-20(29-30-21)19-7-2-3-10-26-19/h2-13H,1H3,(H,25,32)(H,28,31)(H2,27,29,30,33). The second kappa shape index (κ2) is 8.39. The molecule has 0 saturated heterocycles. The van der Waals surface area contributed by atoms with E-state index in [0.29, 0.717) is 28.3 Å². The first-order chi connectivity index (χ1) is 16.1. The fourth-order valence-corrected chi connectivity index (χ4v) is 3.55. The Morgan fingerprint density at radius 2 is 1.73 bits per heavy atom. The maximum absolute atomic E-state index is 12.9. The van der Waals surface area contributed by atoms with E-state index < -0.39 is 0 Å². The summed E-state index contributed by atoms with van der Waals surface area (Å²) in [5, 5.41) is 20.6. The SMILES string of the molecule is CNC(=O)c1ccc2[nH]nc(-c3cccc(C(=O)Nc4cc(-c5ccccn5)[nH]n4)c3)c2c1. The molecule has 3 aromatic heterocycles. The lowest BCUT2D eigenvalue weighted by atomic mass is 10.0. The summed E-state index contributed by atoms with van der Waals surface area (Å²) in [4.78, 5) is 29.2. The molecule has 9 nitrogen and oxygen atoms in total. The average Bonchev–Trinajstić information content (AvgIpc) is 3.51. The highest BCUT2D eigenvalue weighted by molar-refractivity contribution is 6.06. The molecule has 9 heteroatoms. The number of carbonyl (C=O) groups is 2. The summed E-state index contributed by atoms with van der Waals surface area (Å²) in [5.74, 6) is -0.0884. The summed E-state index contributed by atoms with van der Waals surface area (Å²) in [5.41, 5.74) is 4.62. The highest BCUT2D eigenvalue weighted by Crippen LogP contribution is 2.28. The number of amides is 2. The van der Waals surface area contributed by atoms with E-state index in [1.54, 1.807) is 49.6 Å². The second-order valence-electron chi connectivity index (χ2n) is 7.33. The van der Waals surface area contributed by atoms with Gasteiger partial charge in [0, 0.05) is 41.4 Å². The number of rotatable bonds is 5. The number of hydrogen-bond donors (Lipinski definition) is 4. The zero-order chi connectivity index (χ0) is 22.8. The van der Waals surface area contributed by atoms with Gasteiger partial charge in [-0.05, 0) is 42.5 Å². The molecule has 2 aromatic carbocycles. The summed E-state index contributed by atoms with van der Waals surface area (Å²) in [7, 11) is 1.59. The van der Waals surface area contributed by atoms with E-state index in [-0.39, 0.29) is 11.8 Å². The van der Waals surface area contributed by atoms with Gasteiger partial charge in [-0.1, -0.05) is 18.2 Å². The van der Waals surface area contributed by atoms with Crippen molar-refractivity contribution in [1.29, 1.82) is 0 Å². The number of nitrogens with zero attached hydrogens (tertiary/aromatic N) is 3. The van der Waals surface area contributed by atoms with Crippen molar-refractivity contribution in [1.82, 2.24) is 30.7 Å². The average molecular weight is 437 g/mol. The van der Waals surface area contributed by atoms with E-state index in [2.05, 4.69) is 36.0 Å².